The Labute approximate surface area is 117 Å². The molecule has 0 bridgehead atoms. The third-order valence-corrected chi connectivity index (χ3v) is 3.84. The van der Waals surface area contributed by atoms with Crippen LogP contribution in [0.2, 0.25) is 0 Å². The van der Waals surface area contributed by atoms with Crippen LogP contribution >= 0.6 is 0 Å². The standard InChI is InChI=1S/C15H30N2O2/c1-4-17(10-13-5-6-19-11-13)15(18)8-14(9-16)7-12(2)3/h12-14H,4-11,16H2,1-3H3. The summed E-state index contributed by atoms with van der Waals surface area (Å²) in [5.74, 6) is 1.69. The van der Waals surface area contributed by atoms with E-state index in [9.17, 15) is 4.79 Å². The third kappa shape index (κ3) is 5.91. The lowest BCUT2D eigenvalue weighted by molar-refractivity contribution is -0.132. The smallest absolute Gasteiger partial charge is 0.222 e. The summed E-state index contributed by atoms with van der Waals surface area (Å²) in [6, 6.07) is 0. The van der Waals surface area contributed by atoms with Gasteiger partial charge in [-0.25, -0.2) is 0 Å². The van der Waals surface area contributed by atoms with Crippen molar-refractivity contribution in [1.29, 1.82) is 0 Å². The zero-order valence-electron chi connectivity index (χ0n) is 12.7. The molecule has 1 aliphatic rings. The van der Waals surface area contributed by atoms with Gasteiger partial charge in [0.15, 0.2) is 0 Å². The topological polar surface area (TPSA) is 55.6 Å². The highest BCUT2D eigenvalue weighted by molar-refractivity contribution is 5.76. The molecule has 4 nitrogen and oxygen atoms in total. The van der Waals surface area contributed by atoms with Gasteiger partial charge < -0.3 is 15.4 Å². The molecule has 0 saturated carbocycles. The quantitative estimate of drug-likeness (QED) is 0.732. The van der Waals surface area contributed by atoms with E-state index in [-0.39, 0.29) is 5.91 Å². The van der Waals surface area contributed by atoms with E-state index in [1.807, 2.05) is 11.8 Å². The van der Waals surface area contributed by atoms with E-state index in [4.69, 9.17) is 10.5 Å². The molecule has 0 aliphatic carbocycles. The molecule has 0 spiro atoms. The van der Waals surface area contributed by atoms with Crippen molar-refractivity contribution in [2.45, 2.75) is 40.0 Å². The van der Waals surface area contributed by atoms with Crippen molar-refractivity contribution < 1.29 is 9.53 Å². The van der Waals surface area contributed by atoms with Crippen LogP contribution in [0.4, 0.5) is 0 Å². The van der Waals surface area contributed by atoms with Gasteiger partial charge >= 0.3 is 0 Å². The predicted molar refractivity (Wildman–Crippen MR) is 77.8 cm³/mol. The molecule has 19 heavy (non-hydrogen) atoms. The van der Waals surface area contributed by atoms with Crippen LogP contribution in [0.15, 0.2) is 0 Å². The molecule has 0 aromatic carbocycles. The van der Waals surface area contributed by atoms with Crippen LogP contribution in [0, 0.1) is 17.8 Å². The van der Waals surface area contributed by atoms with Crippen molar-refractivity contribution >= 4 is 5.91 Å². The summed E-state index contributed by atoms with van der Waals surface area (Å²) in [6.07, 6.45) is 2.71. The first-order chi connectivity index (χ1) is 9.06. The van der Waals surface area contributed by atoms with E-state index < -0.39 is 0 Å². The van der Waals surface area contributed by atoms with Gasteiger partial charge in [0.05, 0.1) is 6.61 Å². The summed E-state index contributed by atoms with van der Waals surface area (Å²) < 4.78 is 5.38. The molecule has 2 N–H and O–H groups in total. The Morgan fingerprint density at radius 3 is 2.68 bits per heavy atom. The average molecular weight is 270 g/mol. The van der Waals surface area contributed by atoms with Gasteiger partial charge in [-0.15, -0.1) is 0 Å². The highest BCUT2D eigenvalue weighted by Crippen LogP contribution is 2.18. The molecule has 2 atom stereocenters. The van der Waals surface area contributed by atoms with Gasteiger partial charge in [0.25, 0.3) is 0 Å². The summed E-state index contributed by atoms with van der Waals surface area (Å²) in [5, 5.41) is 0. The van der Waals surface area contributed by atoms with Gasteiger partial charge in [-0.1, -0.05) is 13.8 Å². The Morgan fingerprint density at radius 1 is 1.47 bits per heavy atom. The lowest BCUT2D eigenvalue weighted by Crippen LogP contribution is -2.37. The summed E-state index contributed by atoms with van der Waals surface area (Å²) >= 11 is 0. The summed E-state index contributed by atoms with van der Waals surface area (Å²) in [5.41, 5.74) is 5.78. The molecule has 2 unspecified atom stereocenters. The van der Waals surface area contributed by atoms with Gasteiger partial charge in [-0.2, -0.15) is 0 Å². The van der Waals surface area contributed by atoms with Crippen LogP contribution in [0.1, 0.15) is 40.0 Å². The van der Waals surface area contributed by atoms with Gasteiger partial charge in [-0.3, -0.25) is 4.79 Å². The Hall–Kier alpha value is -0.610. The molecule has 0 aromatic rings. The number of nitrogens with zero attached hydrogens (tertiary/aromatic N) is 1. The summed E-state index contributed by atoms with van der Waals surface area (Å²) in [6.45, 7) is 10.3. The van der Waals surface area contributed by atoms with Gasteiger partial charge in [0, 0.05) is 32.0 Å². The molecule has 0 aromatic heterocycles. The molecule has 1 saturated heterocycles. The number of carbonyl (C=O) groups is 1. The molecular formula is C15H30N2O2. The molecular weight excluding hydrogens is 240 g/mol. The second-order valence-corrected chi connectivity index (χ2v) is 6.10. The maximum atomic E-state index is 12.3. The minimum Gasteiger partial charge on any atom is -0.381 e. The first-order valence-corrected chi connectivity index (χ1v) is 7.62. The lowest BCUT2D eigenvalue weighted by Gasteiger charge is -2.26. The normalized spacial score (nSPS) is 20.8. The van der Waals surface area contributed by atoms with Crippen LogP contribution in [-0.4, -0.2) is 43.7 Å². The van der Waals surface area contributed by atoms with E-state index in [1.54, 1.807) is 0 Å². The minimum absolute atomic E-state index is 0.255. The largest absolute Gasteiger partial charge is 0.381 e. The number of amides is 1. The maximum absolute atomic E-state index is 12.3. The van der Waals surface area contributed by atoms with E-state index >= 15 is 0 Å². The summed E-state index contributed by atoms with van der Waals surface area (Å²) in [7, 11) is 0. The molecule has 1 amide bonds. The fourth-order valence-corrected chi connectivity index (χ4v) is 2.75. The zero-order chi connectivity index (χ0) is 14.3. The van der Waals surface area contributed by atoms with E-state index in [0.717, 1.165) is 39.1 Å². The lowest BCUT2D eigenvalue weighted by atomic mass is 9.93. The van der Waals surface area contributed by atoms with Crippen molar-refractivity contribution in [2.75, 3.05) is 32.8 Å². The van der Waals surface area contributed by atoms with Crippen LogP contribution in [0.3, 0.4) is 0 Å². The number of rotatable bonds is 8. The Kier molecular flexibility index (Phi) is 7.39. The maximum Gasteiger partial charge on any atom is 0.222 e. The van der Waals surface area contributed by atoms with Crippen molar-refractivity contribution in [3.63, 3.8) is 0 Å². The van der Waals surface area contributed by atoms with Crippen LogP contribution in [0.5, 0.6) is 0 Å². The number of hydrogen-bond donors (Lipinski definition) is 1. The van der Waals surface area contributed by atoms with Crippen LogP contribution in [0.25, 0.3) is 0 Å². The second kappa shape index (κ2) is 8.54. The fraction of sp³-hybridized carbons (Fsp3) is 0.933. The molecule has 1 rings (SSSR count). The third-order valence-electron chi connectivity index (χ3n) is 3.84. The van der Waals surface area contributed by atoms with E-state index in [2.05, 4.69) is 13.8 Å². The second-order valence-electron chi connectivity index (χ2n) is 6.10. The number of nitrogens with two attached hydrogens (primary N) is 1. The Balaban J connectivity index is 2.42. The van der Waals surface area contributed by atoms with Crippen molar-refractivity contribution in [3.8, 4) is 0 Å². The zero-order valence-corrected chi connectivity index (χ0v) is 12.7. The van der Waals surface area contributed by atoms with Gasteiger partial charge in [-0.05, 0) is 38.1 Å². The van der Waals surface area contributed by atoms with Crippen molar-refractivity contribution in [2.24, 2.45) is 23.5 Å². The molecule has 1 fully saturated rings. The monoisotopic (exact) mass is 270 g/mol. The van der Waals surface area contributed by atoms with Gasteiger partial charge in [0.2, 0.25) is 5.91 Å². The Bertz CT molecular complexity index is 263. The van der Waals surface area contributed by atoms with E-state index in [0.29, 0.717) is 30.7 Å². The van der Waals surface area contributed by atoms with Crippen LogP contribution in [-0.2, 0) is 9.53 Å². The Morgan fingerprint density at radius 2 is 2.21 bits per heavy atom. The average Bonchev–Trinajstić information content (AvgIpc) is 2.87. The first-order valence-electron chi connectivity index (χ1n) is 7.62. The fourth-order valence-electron chi connectivity index (χ4n) is 2.75. The molecule has 1 heterocycles. The first kappa shape index (κ1) is 16.4. The summed E-state index contributed by atoms with van der Waals surface area (Å²) in [4.78, 5) is 14.3. The van der Waals surface area contributed by atoms with Crippen molar-refractivity contribution in [1.82, 2.24) is 4.90 Å². The number of ether oxygens (including phenoxy) is 1. The molecule has 112 valence electrons. The van der Waals surface area contributed by atoms with E-state index in [1.165, 1.54) is 0 Å². The number of hydrogen-bond acceptors (Lipinski definition) is 3. The minimum atomic E-state index is 0.255. The van der Waals surface area contributed by atoms with Crippen LogP contribution < -0.4 is 5.73 Å². The van der Waals surface area contributed by atoms with Gasteiger partial charge in [0.1, 0.15) is 0 Å². The molecule has 4 heteroatoms. The van der Waals surface area contributed by atoms with Crippen molar-refractivity contribution in [3.05, 3.63) is 0 Å². The number of carbonyl (C=O) groups excluding carboxylic acids is 1. The highest BCUT2D eigenvalue weighted by Gasteiger charge is 2.23. The molecule has 0 radical (unpaired) electrons. The highest BCUT2D eigenvalue weighted by atomic mass is 16.5. The predicted octanol–water partition coefficient (Wildman–Crippen LogP) is 1.88. The molecule has 1 aliphatic heterocycles. The SMILES string of the molecule is CCN(CC1CCOC1)C(=O)CC(CN)CC(C)C.